The molecule has 6 rings (SSSR count). The summed E-state index contributed by atoms with van der Waals surface area (Å²) in [6, 6.07) is 39.5. The van der Waals surface area contributed by atoms with Gasteiger partial charge in [-0.1, -0.05) is 110 Å². The van der Waals surface area contributed by atoms with E-state index < -0.39 is 0 Å². The van der Waals surface area contributed by atoms with E-state index in [4.69, 9.17) is 0 Å². The van der Waals surface area contributed by atoms with Crippen LogP contribution in [0, 0.1) is 27.7 Å². The van der Waals surface area contributed by atoms with Gasteiger partial charge in [0.25, 0.3) is 0 Å². The molecular formula is C36H36HfSi-2. The van der Waals surface area contributed by atoms with Gasteiger partial charge >= 0.3 is 0 Å². The number of rotatable bonds is 2. The first-order chi connectivity index (χ1) is 17.9. The third-order valence-electron chi connectivity index (χ3n) is 6.52. The Morgan fingerprint density at radius 1 is 0.500 bits per heavy atom. The standard InChI is InChI=1S/2C17H15.C2H6Si.Hf/c2*1-12-6-8-14(9-7-12)16-5-3-4-15-10-13(2)11-17(15)16;1-3-2;/h2*3-11H,1-2H3;1-2H3;/q2*-1;;. The van der Waals surface area contributed by atoms with Crippen LogP contribution in [-0.2, 0) is 25.8 Å². The van der Waals surface area contributed by atoms with Gasteiger partial charge in [-0.25, -0.2) is 0 Å². The molecule has 0 saturated heterocycles. The zero-order valence-electron chi connectivity index (χ0n) is 23.4. The Balaban J connectivity index is 0.000000187. The van der Waals surface area contributed by atoms with Crippen molar-refractivity contribution in [2.24, 2.45) is 0 Å². The smallest absolute Gasteiger partial charge is 0.0307 e. The van der Waals surface area contributed by atoms with Crippen LogP contribution in [-0.4, -0.2) is 9.52 Å². The Hall–Kier alpha value is -2.81. The van der Waals surface area contributed by atoms with Crippen LogP contribution < -0.4 is 0 Å². The molecule has 0 amide bonds. The molecule has 0 unspecified atom stereocenters. The van der Waals surface area contributed by atoms with Gasteiger partial charge in [-0.2, -0.15) is 12.1 Å². The van der Waals surface area contributed by atoms with Crippen molar-refractivity contribution in [2.45, 2.75) is 40.8 Å². The monoisotopic (exact) mass is 676 g/mol. The van der Waals surface area contributed by atoms with Crippen LogP contribution in [0.2, 0.25) is 13.1 Å². The van der Waals surface area contributed by atoms with E-state index in [0.29, 0.717) is 0 Å². The summed E-state index contributed by atoms with van der Waals surface area (Å²) >= 11 is 0. The van der Waals surface area contributed by atoms with Crippen LogP contribution in [0.3, 0.4) is 0 Å². The van der Waals surface area contributed by atoms with Crippen molar-refractivity contribution < 1.29 is 25.8 Å². The predicted octanol–water partition coefficient (Wildman–Crippen LogP) is 10.5. The molecule has 0 aliphatic rings. The predicted molar refractivity (Wildman–Crippen MR) is 166 cm³/mol. The molecule has 6 aromatic rings. The zero-order valence-corrected chi connectivity index (χ0v) is 28.0. The Bertz CT molecular complexity index is 1460. The van der Waals surface area contributed by atoms with Gasteiger partial charge in [-0.05, 0) is 25.0 Å². The molecule has 6 aromatic carbocycles. The minimum Gasteiger partial charge on any atom is -0.165 e. The van der Waals surface area contributed by atoms with Crippen molar-refractivity contribution in [1.29, 1.82) is 0 Å². The Kier molecular flexibility index (Phi) is 10.8. The fourth-order valence-electron chi connectivity index (χ4n) is 4.74. The van der Waals surface area contributed by atoms with E-state index in [9.17, 15) is 0 Å². The summed E-state index contributed by atoms with van der Waals surface area (Å²) in [6.07, 6.45) is 0. The molecule has 2 heteroatoms. The summed E-state index contributed by atoms with van der Waals surface area (Å²) in [5.41, 5.74) is 10.5. The van der Waals surface area contributed by atoms with Crippen molar-refractivity contribution in [3.8, 4) is 22.3 Å². The first-order valence-electron chi connectivity index (χ1n) is 12.9. The number of aryl methyl sites for hydroxylation is 4. The number of benzene rings is 4. The van der Waals surface area contributed by atoms with E-state index >= 15 is 0 Å². The van der Waals surface area contributed by atoms with E-state index in [1.54, 1.807) is 0 Å². The summed E-state index contributed by atoms with van der Waals surface area (Å²) in [7, 11) is 1.08. The molecule has 190 valence electrons. The summed E-state index contributed by atoms with van der Waals surface area (Å²) < 4.78 is 0. The second-order valence-electron chi connectivity index (χ2n) is 9.91. The fourth-order valence-corrected chi connectivity index (χ4v) is 4.74. The molecule has 0 aliphatic carbocycles. The Morgan fingerprint density at radius 2 is 0.842 bits per heavy atom. The van der Waals surface area contributed by atoms with Gasteiger partial charge in [0.15, 0.2) is 0 Å². The maximum absolute atomic E-state index is 2.27. The fraction of sp³-hybridized carbons (Fsp3) is 0.167. The van der Waals surface area contributed by atoms with Crippen LogP contribution in [0.15, 0.2) is 109 Å². The Labute approximate surface area is 250 Å². The topological polar surface area (TPSA) is 0 Å². The van der Waals surface area contributed by atoms with Crippen LogP contribution in [0.25, 0.3) is 43.8 Å². The normalized spacial score (nSPS) is 10.3. The SMILES string of the molecule is C[Si]C.Cc1ccc(-c2cccc3[cH-]c(C)cc23)cc1.Cc1ccc(-c2cccc3[cH-]c(C)cc23)cc1.[Hf]. The van der Waals surface area contributed by atoms with Crippen molar-refractivity contribution in [3.63, 3.8) is 0 Å². The molecule has 0 saturated carbocycles. The largest absolute Gasteiger partial charge is 0.165 e. The summed E-state index contributed by atoms with van der Waals surface area (Å²) in [6.45, 7) is 12.9. The minimum atomic E-state index is 0. The van der Waals surface area contributed by atoms with Gasteiger partial charge in [0.1, 0.15) is 0 Å². The van der Waals surface area contributed by atoms with Crippen LogP contribution in [0.5, 0.6) is 0 Å². The van der Waals surface area contributed by atoms with Gasteiger partial charge < -0.3 is 0 Å². The second kappa shape index (κ2) is 13.8. The quantitative estimate of drug-likeness (QED) is 0.127. The molecule has 2 radical (unpaired) electrons. The molecule has 38 heavy (non-hydrogen) atoms. The molecule has 0 aromatic heterocycles. The van der Waals surface area contributed by atoms with Gasteiger partial charge in [-0.3, -0.25) is 0 Å². The first kappa shape index (κ1) is 29.7. The summed E-state index contributed by atoms with van der Waals surface area (Å²) in [5, 5.41) is 5.38. The third-order valence-corrected chi connectivity index (χ3v) is 6.52. The molecule has 0 N–H and O–H groups in total. The first-order valence-corrected chi connectivity index (χ1v) is 14.9. The molecule has 0 fully saturated rings. The van der Waals surface area contributed by atoms with Gasteiger partial charge in [0.2, 0.25) is 0 Å². The van der Waals surface area contributed by atoms with E-state index in [2.05, 4.69) is 150 Å². The molecule has 0 atom stereocenters. The molecule has 0 nitrogen and oxygen atoms in total. The molecular weight excluding hydrogens is 639 g/mol. The van der Waals surface area contributed by atoms with Crippen LogP contribution >= 0.6 is 0 Å². The number of hydrogen-bond acceptors (Lipinski definition) is 0. The van der Waals surface area contributed by atoms with Gasteiger partial charge in [-0.15, -0.1) is 69.1 Å². The third kappa shape index (κ3) is 7.18. The molecule has 0 aliphatic heterocycles. The van der Waals surface area contributed by atoms with E-state index in [1.807, 2.05) is 0 Å². The average Bonchev–Trinajstić information content (AvgIpc) is 3.46. The van der Waals surface area contributed by atoms with Crippen molar-refractivity contribution >= 4 is 31.1 Å². The van der Waals surface area contributed by atoms with Crippen LogP contribution in [0.4, 0.5) is 0 Å². The summed E-state index contributed by atoms with van der Waals surface area (Å²) in [4.78, 5) is 0. The van der Waals surface area contributed by atoms with Crippen molar-refractivity contribution in [2.75, 3.05) is 0 Å². The van der Waals surface area contributed by atoms with Crippen LogP contribution in [0.1, 0.15) is 22.3 Å². The maximum Gasteiger partial charge on any atom is 0.0307 e. The maximum atomic E-state index is 2.27. The van der Waals surface area contributed by atoms with E-state index in [1.165, 1.54) is 66.1 Å². The number of hydrogen-bond donors (Lipinski definition) is 0. The molecule has 0 bridgehead atoms. The molecule has 0 spiro atoms. The van der Waals surface area contributed by atoms with E-state index in [0.717, 1.165) is 9.52 Å². The molecule has 0 heterocycles. The zero-order chi connectivity index (χ0) is 26.4. The summed E-state index contributed by atoms with van der Waals surface area (Å²) in [5.74, 6) is 0. The van der Waals surface area contributed by atoms with Gasteiger partial charge in [0.05, 0.1) is 0 Å². The van der Waals surface area contributed by atoms with E-state index in [-0.39, 0.29) is 25.8 Å². The van der Waals surface area contributed by atoms with Crippen molar-refractivity contribution in [1.82, 2.24) is 0 Å². The van der Waals surface area contributed by atoms with Gasteiger partial charge in [0, 0.05) is 35.4 Å². The minimum absolute atomic E-state index is 0. The Morgan fingerprint density at radius 3 is 1.18 bits per heavy atom. The van der Waals surface area contributed by atoms with Crippen molar-refractivity contribution in [3.05, 3.63) is 131 Å². The second-order valence-corrected chi connectivity index (χ2v) is 10.9. The number of fused-ring (bicyclic) bond motifs is 2. The average molecular weight is 675 g/mol.